The maximum absolute atomic E-state index is 12.7. The van der Waals surface area contributed by atoms with Crippen LogP contribution in [0.4, 0.5) is 0 Å². The number of carbonyl (C=O) groups is 3. The van der Waals surface area contributed by atoms with Crippen LogP contribution in [0.25, 0.3) is 0 Å². The van der Waals surface area contributed by atoms with Crippen LogP contribution in [0.5, 0.6) is 0 Å². The molecule has 0 aromatic heterocycles. The van der Waals surface area contributed by atoms with E-state index in [0.29, 0.717) is 16.1 Å². The number of carboxylic acid groups (broad SMARTS) is 1. The number of hydrogen-bond acceptors (Lipinski definition) is 4. The molecule has 0 bridgehead atoms. The van der Waals surface area contributed by atoms with E-state index >= 15 is 0 Å². The first-order valence-corrected chi connectivity index (χ1v) is 15.4. The number of benzene rings is 2. The van der Waals surface area contributed by atoms with Crippen LogP contribution in [0.3, 0.4) is 0 Å². The average molecular weight is 615 g/mol. The molecule has 0 saturated heterocycles. The van der Waals surface area contributed by atoms with E-state index in [-0.39, 0.29) is 12.0 Å². The molecule has 0 aliphatic heterocycles. The zero-order valence-electron chi connectivity index (χ0n) is 14.0. The number of nitrogens with one attached hydrogen (secondary N) is 1. The second kappa shape index (κ2) is 10.2. The molecule has 0 radical (unpaired) electrons. The van der Waals surface area contributed by atoms with Gasteiger partial charge in [0.1, 0.15) is 0 Å². The number of methoxy groups -OCH3 is 1. The number of aromatic carboxylic acids is 1. The topological polar surface area (TPSA) is 92.7 Å². The number of halogens is 3. The van der Waals surface area contributed by atoms with Crippen LogP contribution < -0.4 is 22.5 Å². The Balaban J connectivity index is 2.23. The average Bonchev–Trinajstić information content (AvgIpc) is 2.66. The molecule has 1 atom stereocenters. The van der Waals surface area contributed by atoms with Gasteiger partial charge in [-0.05, 0) is 0 Å². The quantitative estimate of drug-likeness (QED) is 0.343. The summed E-state index contributed by atoms with van der Waals surface area (Å²) in [5, 5.41) is 12.0. The predicted molar refractivity (Wildman–Crippen MR) is 105 cm³/mol. The van der Waals surface area contributed by atoms with Gasteiger partial charge in [-0.15, -0.1) is 0 Å². The molecule has 27 heavy (non-hydrogen) atoms. The van der Waals surface area contributed by atoms with Crippen molar-refractivity contribution >= 4 is 48.1 Å². The number of carboxylic acids is 1. The second-order valence-corrected chi connectivity index (χ2v) is 10.1. The first-order valence-electron chi connectivity index (χ1n) is 7.62. The third-order valence-electron chi connectivity index (χ3n) is 3.70. The molecule has 144 valence electrons. The third-order valence-corrected chi connectivity index (χ3v) is 8.30. The molecule has 0 aliphatic rings. The molecule has 0 saturated carbocycles. The van der Waals surface area contributed by atoms with Crippen LogP contribution in [0.2, 0.25) is 5.02 Å². The second-order valence-electron chi connectivity index (χ2n) is 5.42. The summed E-state index contributed by atoms with van der Waals surface area (Å²) in [6, 6.07) is 10.4. The van der Waals surface area contributed by atoms with Crippen molar-refractivity contribution in [3.05, 3.63) is 67.7 Å². The van der Waals surface area contributed by atoms with Crippen molar-refractivity contribution in [3.8, 4) is 0 Å². The van der Waals surface area contributed by atoms with Gasteiger partial charge in [-0.2, -0.15) is 0 Å². The van der Waals surface area contributed by atoms with Crippen molar-refractivity contribution in [2.24, 2.45) is 0 Å². The summed E-state index contributed by atoms with van der Waals surface area (Å²) in [6.07, 6.45) is 0.164. The molecular formula is C18H15ClI2NO5-. The Morgan fingerprint density at radius 2 is 1.89 bits per heavy atom. The van der Waals surface area contributed by atoms with Crippen molar-refractivity contribution < 1.29 is 41.5 Å². The Morgan fingerprint density at radius 3 is 2.44 bits per heavy atom. The monoisotopic (exact) mass is 614 g/mol. The summed E-state index contributed by atoms with van der Waals surface area (Å²) < 4.78 is 5.66. The van der Waals surface area contributed by atoms with Crippen molar-refractivity contribution in [3.63, 3.8) is 0 Å². The summed E-state index contributed by atoms with van der Waals surface area (Å²) >= 11 is 8.02. The van der Waals surface area contributed by atoms with E-state index in [0.717, 1.165) is 3.57 Å². The minimum atomic E-state index is -1.03. The summed E-state index contributed by atoms with van der Waals surface area (Å²) in [4.78, 5) is 35.8. The van der Waals surface area contributed by atoms with E-state index in [1.54, 1.807) is 24.3 Å². The van der Waals surface area contributed by atoms with Crippen molar-refractivity contribution in [2.45, 2.75) is 12.5 Å². The van der Waals surface area contributed by atoms with E-state index in [2.05, 4.69) is 23.9 Å². The van der Waals surface area contributed by atoms with Crippen LogP contribution in [0.1, 0.15) is 26.3 Å². The first kappa shape index (κ1) is 21.9. The first-order chi connectivity index (χ1) is 12.9. The molecule has 9 heteroatoms. The number of carbonyl (C=O) groups excluding carboxylic acids is 2. The van der Waals surface area contributed by atoms with Crippen LogP contribution in [-0.2, 0) is 16.0 Å². The van der Waals surface area contributed by atoms with Crippen molar-refractivity contribution in [1.82, 2.24) is 5.32 Å². The van der Waals surface area contributed by atoms with Gasteiger partial charge in [0, 0.05) is 0 Å². The summed E-state index contributed by atoms with van der Waals surface area (Å²) in [7, 11) is 1.24. The number of amides is 1. The Kier molecular flexibility index (Phi) is 8.29. The van der Waals surface area contributed by atoms with Gasteiger partial charge in [0.05, 0.1) is 0 Å². The van der Waals surface area contributed by atoms with Crippen LogP contribution in [0.15, 0.2) is 42.5 Å². The Morgan fingerprint density at radius 1 is 1.22 bits per heavy atom. The number of esters is 1. The molecule has 2 rings (SSSR count). The van der Waals surface area contributed by atoms with E-state index in [1.165, 1.54) is 19.2 Å². The summed E-state index contributed by atoms with van der Waals surface area (Å²) in [5.41, 5.74) is 1.21. The number of ether oxygens (including phenoxy) is 1. The van der Waals surface area contributed by atoms with Crippen LogP contribution >= 0.6 is 30.2 Å². The summed E-state index contributed by atoms with van der Waals surface area (Å²) in [5.74, 6) is -2.07. The molecule has 0 fully saturated rings. The van der Waals surface area contributed by atoms with Gasteiger partial charge in [-0.25, -0.2) is 0 Å². The van der Waals surface area contributed by atoms with Gasteiger partial charge in [0.15, 0.2) is 0 Å². The Hall–Kier alpha value is -1.40. The van der Waals surface area contributed by atoms with E-state index in [1.807, 2.05) is 6.07 Å². The fourth-order valence-electron chi connectivity index (χ4n) is 2.36. The predicted octanol–water partition coefficient (Wildman–Crippen LogP) is 0.161. The zero-order valence-corrected chi connectivity index (χ0v) is 19.1. The van der Waals surface area contributed by atoms with E-state index in [9.17, 15) is 14.4 Å². The van der Waals surface area contributed by atoms with Gasteiger partial charge < -0.3 is 0 Å². The Labute approximate surface area is 181 Å². The number of hydrogen-bond donors (Lipinski definition) is 2. The molecule has 6 nitrogen and oxygen atoms in total. The summed E-state index contributed by atoms with van der Waals surface area (Å²) in [6.45, 7) is 0. The minimum absolute atomic E-state index is 0.143. The third kappa shape index (κ3) is 5.79. The van der Waals surface area contributed by atoms with Crippen LogP contribution in [-0.4, -0.2) is 36.1 Å². The van der Waals surface area contributed by atoms with E-state index < -0.39 is 41.1 Å². The van der Waals surface area contributed by atoms with Gasteiger partial charge in [-0.3, -0.25) is 0 Å². The zero-order chi connectivity index (χ0) is 20.0. The fraction of sp³-hybridized carbons (Fsp3) is 0.167. The van der Waals surface area contributed by atoms with Gasteiger partial charge in [-0.1, -0.05) is 0 Å². The van der Waals surface area contributed by atoms with E-state index in [4.69, 9.17) is 21.4 Å². The molecule has 2 aromatic rings. The van der Waals surface area contributed by atoms with Crippen molar-refractivity contribution in [1.29, 1.82) is 0 Å². The molecular weight excluding hydrogens is 599 g/mol. The Bertz CT molecular complexity index is 857. The van der Waals surface area contributed by atoms with Gasteiger partial charge >= 0.3 is 182 Å². The fourth-order valence-corrected chi connectivity index (χ4v) is 6.14. The molecule has 2 aromatic carbocycles. The SMILES string of the molecule is COC(=O)[C@H](Cc1ccc(C(=O)O)cc1)NC(=O)c1c(Cl)cccc1[I-]I. The molecule has 0 unspecified atom stereocenters. The molecule has 0 spiro atoms. The molecule has 1 amide bonds. The normalized spacial score (nSPS) is 11.7. The van der Waals surface area contributed by atoms with Gasteiger partial charge in [0.2, 0.25) is 0 Å². The molecule has 0 aliphatic carbocycles. The molecule has 0 heterocycles. The van der Waals surface area contributed by atoms with Crippen LogP contribution in [0, 0.1) is 3.57 Å². The van der Waals surface area contributed by atoms with Gasteiger partial charge in [0.25, 0.3) is 0 Å². The maximum atomic E-state index is 12.7. The molecule has 2 N–H and O–H groups in total. The number of rotatable bonds is 7. The standard InChI is InChI=1S/C18H15ClI2NO5/c1-27-18(26)14(9-10-5-7-11(8-6-10)17(24)25)22-16(23)15-12(19)3-2-4-13(15)21-20/h2-8,14H,9H2,1H3,(H,22,23)(H,24,25)/q-1/t14-/m0/s1. The van der Waals surface area contributed by atoms with Crippen molar-refractivity contribution in [2.75, 3.05) is 7.11 Å².